The van der Waals surface area contributed by atoms with Crippen molar-refractivity contribution in [3.63, 3.8) is 0 Å². The lowest BCUT2D eigenvalue weighted by Crippen LogP contribution is -2.45. The summed E-state index contributed by atoms with van der Waals surface area (Å²) in [6.07, 6.45) is 8.25. The molecule has 27 heavy (non-hydrogen) atoms. The Hall–Kier alpha value is -2.70. The zero-order chi connectivity index (χ0) is 18.6. The van der Waals surface area contributed by atoms with Gasteiger partial charge in [-0.15, -0.1) is 10.2 Å². The van der Waals surface area contributed by atoms with Crippen molar-refractivity contribution in [3.05, 3.63) is 42.5 Å². The summed E-state index contributed by atoms with van der Waals surface area (Å²) >= 11 is 0. The average Bonchev–Trinajstić information content (AvgIpc) is 3.28. The summed E-state index contributed by atoms with van der Waals surface area (Å²) in [6.45, 7) is 3.10. The van der Waals surface area contributed by atoms with Crippen LogP contribution in [-0.4, -0.2) is 62.6 Å². The first-order valence-electron chi connectivity index (χ1n) is 9.75. The highest BCUT2D eigenvalue weighted by Crippen LogP contribution is 2.23. The Morgan fingerprint density at radius 1 is 0.815 bits per heavy atom. The molecule has 0 bridgehead atoms. The van der Waals surface area contributed by atoms with Crippen LogP contribution in [0.2, 0.25) is 0 Å². The van der Waals surface area contributed by atoms with E-state index in [1.54, 1.807) is 17.2 Å². The molecule has 0 atom stereocenters. The van der Waals surface area contributed by atoms with Crippen molar-refractivity contribution < 1.29 is 9.59 Å². The molecule has 2 fully saturated rings. The molecule has 2 amide bonds. The third kappa shape index (κ3) is 3.86. The number of hydrogen-bond acceptors (Lipinski definition) is 4. The molecule has 0 spiro atoms. The molecule has 1 aromatic heterocycles. The van der Waals surface area contributed by atoms with Crippen LogP contribution in [0.1, 0.15) is 42.5 Å². The zero-order valence-corrected chi connectivity index (χ0v) is 15.5. The number of carbonyl (C=O) groups excluding carboxylic acids is 2. The molecule has 2 aromatic rings. The van der Waals surface area contributed by atoms with Gasteiger partial charge in [0.1, 0.15) is 12.7 Å². The highest BCUT2D eigenvalue weighted by Gasteiger charge is 2.30. The topological polar surface area (TPSA) is 71.3 Å². The van der Waals surface area contributed by atoms with E-state index in [0.717, 1.165) is 44.5 Å². The van der Waals surface area contributed by atoms with Crippen molar-refractivity contribution in [1.29, 1.82) is 0 Å². The van der Waals surface area contributed by atoms with Crippen molar-refractivity contribution in [3.8, 4) is 5.69 Å². The van der Waals surface area contributed by atoms with Gasteiger partial charge in [0, 0.05) is 43.3 Å². The lowest BCUT2D eigenvalue weighted by Gasteiger charge is -2.35. The number of benzene rings is 1. The highest BCUT2D eigenvalue weighted by molar-refractivity contribution is 5.94. The van der Waals surface area contributed by atoms with E-state index in [1.807, 2.05) is 34.1 Å². The second-order valence-electron chi connectivity index (χ2n) is 7.37. The summed E-state index contributed by atoms with van der Waals surface area (Å²) in [7, 11) is 0. The van der Waals surface area contributed by atoms with Crippen LogP contribution in [0.4, 0.5) is 0 Å². The van der Waals surface area contributed by atoms with Crippen molar-refractivity contribution in [2.24, 2.45) is 5.92 Å². The van der Waals surface area contributed by atoms with Gasteiger partial charge < -0.3 is 9.80 Å². The smallest absolute Gasteiger partial charge is 0.253 e. The fourth-order valence-electron chi connectivity index (χ4n) is 3.99. The first-order chi connectivity index (χ1) is 13.2. The molecular weight excluding hydrogens is 342 g/mol. The number of rotatable bonds is 3. The molecule has 2 aliphatic rings. The fraction of sp³-hybridized carbons (Fsp3) is 0.500. The molecule has 1 aromatic carbocycles. The Labute approximate surface area is 159 Å². The largest absolute Gasteiger partial charge is 0.342 e. The van der Waals surface area contributed by atoms with Crippen molar-refractivity contribution in [2.45, 2.75) is 32.1 Å². The first-order valence-corrected chi connectivity index (χ1v) is 9.75. The lowest BCUT2D eigenvalue weighted by atomic mass is 9.94. The van der Waals surface area contributed by atoms with Crippen LogP contribution in [0.5, 0.6) is 0 Å². The molecule has 7 nitrogen and oxygen atoms in total. The summed E-state index contributed by atoms with van der Waals surface area (Å²) in [4.78, 5) is 29.3. The molecule has 2 saturated heterocycles. The van der Waals surface area contributed by atoms with Crippen molar-refractivity contribution in [2.75, 3.05) is 26.2 Å². The van der Waals surface area contributed by atoms with E-state index in [-0.39, 0.29) is 11.8 Å². The number of carbonyl (C=O) groups is 2. The maximum Gasteiger partial charge on any atom is 0.253 e. The van der Waals surface area contributed by atoms with Crippen LogP contribution in [0.15, 0.2) is 36.9 Å². The van der Waals surface area contributed by atoms with E-state index in [2.05, 4.69) is 10.2 Å². The van der Waals surface area contributed by atoms with Crippen LogP contribution >= 0.6 is 0 Å². The summed E-state index contributed by atoms with van der Waals surface area (Å²) in [5.74, 6) is 0.400. The zero-order valence-electron chi connectivity index (χ0n) is 15.5. The van der Waals surface area contributed by atoms with Gasteiger partial charge in [0.05, 0.1) is 0 Å². The third-order valence-electron chi connectivity index (χ3n) is 5.63. The highest BCUT2D eigenvalue weighted by atomic mass is 16.2. The minimum atomic E-state index is 0.0363. The fourth-order valence-corrected chi connectivity index (χ4v) is 3.99. The lowest BCUT2D eigenvalue weighted by molar-refractivity contribution is -0.137. The van der Waals surface area contributed by atoms with Gasteiger partial charge in [0.2, 0.25) is 5.91 Å². The van der Waals surface area contributed by atoms with Crippen LogP contribution in [0, 0.1) is 5.92 Å². The summed E-state index contributed by atoms with van der Waals surface area (Å²) in [5, 5.41) is 7.58. The molecule has 0 aliphatic carbocycles. The number of amides is 2. The quantitative estimate of drug-likeness (QED) is 0.833. The Balaban J connectivity index is 1.33. The molecule has 142 valence electrons. The van der Waals surface area contributed by atoms with E-state index in [4.69, 9.17) is 0 Å². The minimum Gasteiger partial charge on any atom is -0.342 e. The second kappa shape index (κ2) is 7.90. The van der Waals surface area contributed by atoms with Crippen LogP contribution in [0.25, 0.3) is 5.69 Å². The molecule has 0 N–H and O–H groups in total. The van der Waals surface area contributed by atoms with Gasteiger partial charge in [-0.05, 0) is 56.4 Å². The second-order valence-corrected chi connectivity index (χ2v) is 7.37. The molecule has 0 radical (unpaired) electrons. The third-order valence-corrected chi connectivity index (χ3v) is 5.63. The van der Waals surface area contributed by atoms with Crippen LogP contribution < -0.4 is 0 Å². The molecule has 3 heterocycles. The summed E-state index contributed by atoms with van der Waals surface area (Å²) in [6, 6.07) is 7.46. The van der Waals surface area contributed by atoms with Gasteiger partial charge in [-0.25, -0.2) is 0 Å². The molecule has 0 unspecified atom stereocenters. The van der Waals surface area contributed by atoms with Gasteiger partial charge in [0.25, 0.3) is 5.91 Å². The van der Waals surface area contributed by atoms with E-state index >= 15 is 0 Å². The minimum absolute atomic E-state index is 0.0363. The standard InChI is InChI=1S/C20H25N5O2/c26-19(16-4-6-18(7-5-16)25-14-21-22-15-25)24-12-8-17(9-13-24)20(27)23-10-2-1-3-11-23/h4-7,14-15,17H,1-3,8-13H2. The Bertz CT molecular complexity index is 773. The number of piperidine rings is 2. The van der Waals surface area contributed by atoms with E-state index in [1.165, 1.54) is 6.42 Å². The SMILES string of the molecule is O=C(c1ccc(-n2cnnc2)cc1)N1CCC(C(=O)N2CCCCC2)CC1. The average molecular weight is 367 g/mol. The molecule has 4 rings (SSSR count). The maximum atomic E-state index is 12.8. The number of hydrogen-bond donors (Lipinski definition) is 0. The van der Waals surface area contributed by atoms with E-state index < -0.39 is 0 Å². The molecular formula is C20H25N5O2. The summed E-state index contributed by atoms with van der Waals surface area (Å²) < 4.78 is 1.80. The summed E-state index contributed by atoms with van der Waals surface area (Å²) in [5.41, 5.74) is 1.59. The first kappa shape index (κ1) is 17.7. The van der Waals surface area contributed by atoms with Crippen molar-refractivity contribution in [1.82, 2.24) is 24.6 Å². The van der Waals surface area contributed by atoms with Gasteiger partial charge in [0.15, 0.2) is 0 Å². The molecule has 7 heteroatoms. The van der Waals surface area contributed by atoms with Gasteiger partial charge in [-0.1, -0.05) is 0 Å². The molecule has 0 saturated carbocycles. The number of likely N-dealkylation sites (tertiary alicyclic amines) is 2. The normalized spacial score (nSPS) is 18.5. The van der Waals surface area contributed by atoms with Crippen LogP contribution in [0.3, 0.4) is 0 Å². The van der Waals surface area contributed by atoms with Crippen molar-refractivity contribution >= 4 is 11.8 Å². The van der Waals surface area contributed by atoms with Gasteiger partial charge in [-0.3, -0.25) is 14.2 Å². The van der Waals surface area contributed by atoms with E-state index in [0.29, 0.717) is 24.6 Å². The number of aromatic nitrogens is 3. The predicted octanol–water partition coefficient (Wildman–Crippen LogP) is 2.13. The van der Waals surface area contributed by atoms with Gasteiger partial charge in [-0.2, -0.15) is 0 Å². The van der Waals surface area contributed by atoms with Crippen LogP contribution in [-0.2, 0) is 4.79 Å². The monoisotopic (exact) mass is 367 g/mol. The van der Waals surface area contributed by atoms with Gasteiger partial charge >= 0.3 is 0 Å². The molecule has 2 aliphatic heterocycles. The predicted molar refractivity (Wildman–Crippen MR) is 100 cm³/mol. The maximum absolute atomic E-state index is 12.8. The Morgan fingerprint density at radius 2 is 1.44 bits per heavy atom. The number of nitrogens with zero attached hydrogens (tertiary/aromatic N) is 5. The Kier molecular flexibility index (Phi) is 5.18. The van der Waals surface area contributed by atoms with E-state index in [9.17, 15) is 9.59 Å². The Morgan fingerprint density at radius 3 is 2.07 bits per heavy atom.